The molecular formula is C20H18O. The van der Waals surface area contributed by atoms with Gasteiger partial charge in [0.1, 0.15) is 5.75 Å². The second-order valence-electron chi connectivity index (χ2n) is 5.12. The third-order valence-electron chi connectivity index (χ3n) is 3.73. The van der Waals surface area contributed by atoms with E-state index in [1.807, 2.05) is 18.2 Å². The highest BCUT2D eigenvalue weighted by Crippen LogP contribution is 2.29. The van der Waals surface area contributed by atoms with Gasteiger partial charge in [-0.3, -0.25) is 0 Å². The summed E-state index contributed by atoms with van der Waals surface area (Å²) in [6, 6.07) is 25.3. The Labute approximate surface area is 125 Å². The molecule has 0 aliphatic heterocycles. The normalized spacial score (nSPS) is 10.4. The predicted octanol–water partition coefficient (Wildman–Crippen LogP) is 5.34. The second-order valence-corrected chi connectivity index (χ2v) is 5.12. The predicted molar refractivity (Wildman–Crippen MR) is 88.6 cm³/mol. The second kappa shape index (κ2) is 5.84. The first kappa shape index (κ1) is 13.4. The van der Waals surface area contributed by atoms with Crippen molar-refractivity contribution < 1.29 is 4.74 Å². The summed E-state index contributed by atoms with van der Waals surface area (Å²) >= 11 is 0. The van der Waals surface area contributed by atoms with Crippen LogP contribution >= 0.6 is 0 Å². The van der Waals surface area contributed by atoms with Crippen molar-refractivity contribution in [3.05, 3.63) is 78.4 Å². The molecule has 0 aliphatic rings. The monoisotopic (exact) mass is 274 g/mol. The third-order valence-corrected chi connectivity index (χ3v) is 3.73. The summed E-state index contributed by atoms with van der Waals surface area (Å²) < 4.78 is 5.21. The van der Waals surface area contributed by atoms with Gasteiger partial charge in [-0.1, -0.05) is 60.7 Å². The van der Waals surface area contributed by atoms with Crippen molar-refractivity contribution in [1.82, 2.24) is 0 Å². The van der Waals surface area contributed by atoms with Crippen molar-refractivity contribution in [1.29, 1.82) is 0 Å². The molecule has 0 heterocycles. The minimum Gasteiger partial charge on any atom is -0.497 e. The van der Waals surface area contributed by atoms with Gasteiger partial charge in [0.2, 0.25) is 0 Å². The van der Waals surface area contributed by atoms with E-state index in [2.05, 4.69) is 61.5 Å². The van der Waals surface area contributed by atoms with E-state index in [0.717, 1.165) is 5.75 Å². The summed E-state index contributed by atoms with van der Waals surface area (Å²) in [6.07, 6.45) is 0. The highest BCUT2D eigenvalue weighted by molar-refractivity contribution is 5.73. The van der Waals surface area contributed by atoms with E-state index < -0.39 is 0 Å². The largest absolute Gasteiger partial charge is 0.497 e. The molecule has 0 saturated heterocycles. The van der Waals surface area contributed by atoms with Crippen LogP contribution in [0.1, 0.15) is 5.56 Å². The molecule has 0 spiro atoms. The van der Waals surface area contributed by atoms with Gasteiger partial charge in [-0.15, -0.1) is 0 Å². The molecule has 1 heteroatoms. The van der Waals surface area contributed by atoms with Crippen LogP contribution in [0.25, 0.3) is 22.3 Å². The highest BCUT2D eigenvalue weighted by Gasteiger charge is 2.04. The fourth-order valence-electron chi connectivity index (χ4n) is 2.57. The van der Waals surface area contributed by atoms with E-state index in [1.54, 1.807) is 7.11 Å². The molecule has 3 rings (SSSR count). The Balaban J connectivity index is 1.97. The van der Waals surface area contributed by atoms with Crippen molar-refractivity contribution in [2.45, 2.75) is 6.92 Å². The highest BCUT2D eigenvalue weighted by atomic mass is 16.5. The summed E-state index contributed by atoms with van der Waals surface area (Å²) in [6.45, 7) is 2.16. The lowest BCUT2D eigenvalue weighted by Crippen LogP contribution is -1.87. The molecule has 0 N–H and O–H groups in total. The van der Waals surface area contributed by atoms with Crippen LogP contribution in [0.15, 0.2) is 72.8 Å². The van der Waals surface area contributed by atoms with Crippen LogP contribution in [0, 0.1) is 6.92 Å². The van der Waals surface area contributed by atoms with Crippen molar-refractivity contribution in [2.75, 3.05) is 7.11 Å². The zero-order valence-corrected chi connectivity index (χ0v) is 12.3. The van der Waals surface area contributed by atoms with Crippen LogP contribution in [0.4, 0.5) is 0 Å². The average molecular weight is 274 g/mol. The van der Waals surface area contributed by atoms with Crippen LogP contribution in [0.5, 0.6) is 5.75 Å². The third kappa shape index (κ3) is 2.82. The Bertz CT molecular complexity index is 728. The van der Waals surface area contributed by atoms with E-state index in [4.69, 9.17) is 4.74 Å². The molecule has 0 bridgehead atoms. The molecule has 3 aromatic rings. The zero-order valence-electron chi connectivity index (χ0n) is 12.3. The average Bonchev–Trinajstić information content (AvgIpc) is 2.56. The molecule has 0 atom stereocenters. The number of aryl methyl sites for hydroxylation is 1. The van der Waals surface area contributed by atoms with E-state index in [0.29, 0.717) is 0 Å². The fraction of sp³-hybridized carbons (Fsp3) is 0.100. The summed E-state index contributed by atoms with van der Waals surface area (Å²) in [5.74, 6) is 0.886. The number of hydrogen-bond acceptors (Lipinski definition) is 1. The molecule has 0 unspecified atom stereocenters. The molecule has 0 amide bonds. The molecule has 104 valence electrons. The number of hydrogen-bond donors (Lipinski definition) is 0. The lowest BCUT2D eigenvalue weighted by atomic mass is 9.96. The lowest BCUT2D eigenvalue weighted by Gasteiger charge is -2.10. The molecule has 21 heavy (non-hydrogen) atoms. The molecule has 0 radical (unpaired) electrons. The quantitative estimate of drug-likeness (QED) is 0.626. The lowest BCUT2D eigenvalue weighted by molar-refractivity contribution is 0.415. The van der Waals surface area contributed by atoms with Gasteiger partial charge >= 0.3 is 0 Å². The minimum atomic E-state index is 0.886. The Hall–Kier alpha value is -2.54. The maximum Gasteiger partial charge on any atom is 0.118 e. The summed E-state index contributed by atoms with van der Waals surface area (Å²) in [5, 5.41) is 0. The van der Waals surface area contributed by atoms with Crippen molar-refractivity contribution in [3.63, 3.8) is 0 Å². The number of benzene rings is 3. The van der Waals surface area contributed by atoms with Crippen LogP contribution in [0.2, 0.25) is 0 Å². The van der Waals surface area contributed by atoms with E-state index in [-0.39, 0.29) is 0 Å². The van der Waals surface area contributed by atoms with Gasteiger partial charge in [0.05, 0.1) is 7.11 Å². The van der Waals surface area contributed by atoms with Gasteiger partial charge in [0, 0.05) is 0 Å². The van der Waals surface area contributed by atoms with Gasteiger partial charge < -0.3 is 4.74 Å². The van der Waals surface area contributed by atoms with Crippen molar-refractivity contribution in [3.8, 4) is 28.0 Å². The number of ether oxygens (including phenoxy) is 1. The first-order chi connectivity index (χ1) is 10.3. The van der Waals surface area contributed by atoms with E-state index >= 15 is 0 Å². The van der Waals surface area contributed by atoms with Gasteiger partial charge in [-0.2, -0.15) is 0 Å². The zero-order chi connectivity index (χ0) is 14.7. The summed E-state index contributed by atoms with van der Waals surface area (Å²) in [4.78, 5) is 0. The maximum absolute atomic E-state index is 5.21. The van der Waals surface area contributed by atoms with E-state index in [9.17, 15) is 0 Å². The van der Waals surface area contributed by atoms with Gasteiger partial charge in [0.15, 0.2) is 0 Å². The topological polar surface area (TPSA) is 9.23 Å². The molecule has 0 aromatic heterocycles. The molecule has 0 saturated carbocycles. The van der Waals surface area contributed by atoms with Crippen LogP contribution in [0.3, 0.4) is 0 Å². The van der Waals surface area contributed by atoms with Crippen molar-refractivity contribution >= 4 is 0 Å². The number of rotatable bonds is 3. The molecule has 0 fully saturated rings. The Kier molecular flexibility index (Phi) is 3.74. The minimum absolute atomic E-state index is 0.886. The van der Waals surface area contributed by atoms with Crippen LogP contribution < -0.4 is 4.74 Å². The summed E-state index contributed by atoms with van der Waals surface area (Å²) in [7, 11) is 1.69. The maximum atomic E-state index is 5.21. The Morgan fingerprint density at radius 3 is 1.95 bits per heavy atom. The molecule has 0 aliphatic carbocycles. The van der Waals surface area contributed by atoms with Crippen molar-refractivity contribution in [2.24, 2.45) is 0 Å². The van der Waals surface area contributed by atoms with Crippen LogP contribution in [-0.4, -0.2) is 7.11 Å². The SMILES string of the molecule is COc1ccc(-c2ccc(-c3ccccc3)cc2C)cc1. The first-order valence-electron chi connectivity index (χ1n) is 7.08. The molecule has 1 nitrogen and oxygen atoms in total. The smallest absolute Gasteiger partial charge is 0.118 e. The first-order valence-corrected chi connectivity index (χ1v) is 7.08. The Morgan fingerprint density at radius 2 is 1.33 bits per heavy atom. The standard InChI is InChI=1S/C20H18O/c1-15-14-18(16-6-4-3-5-7-16)10-13-20(15)17-8-11-19(21-2)12-9-17/h3-14H,1-2H3. The summed E-state index contributed by atoms with van der Waals surface area (Å²) in [5.41, 5.74) is 6.26. The van der Waals surface area contributed by atoms with Gasteiger partial charge in [-0.25, -0.2) is 0 Å². The molecule has 3 aromatic carbocycles. The fourth-order valence-corrected chi connectivity index (χ4v) is 2.57. The van der Waals surface area contributed by atoms with E-state index in [1.165, 1.54) is 27.8 Å². The van der Waals surface area contributed by atoms with Gasteiger partial charge in [0.25, 0.3) is 0 Å². The Morgan fingerprint density at radius 1 is 0.667 bits per heavy atom. The molecular weight excluding hydrogens is 256 g/mol. The number of methoxy groups -OCH3 is 1. The van der Waals surface area contributed by atoms with Gasteiger partial charge in [-0.05, 0) is 46.9 Å². The van der Waals surface area contributed by atoms with Crippen LogP contribution in [-0.2, 0) is 0 Å².